The van der Waals surface area contributed by atoms with Crippen molar-refractivity contribution >= 4 is 0 Å². The van der Waals surface area contributed by atoms with E-state index in [0.717, 1.165) is 6.42 Å². The fraction of sp³-hybridized carbons (Fsp3) is 0.455. The molecule has 1 aliphatic rings. The second kappa shape index (κ2) is 4.91. The molecular formula is C11H14NRe-. The van der Waals surface area contributed by atoms with Crippen molar-refractivity contribution in [1.82, 2.24) is 5.32 Å². The van der Waals surface area contributed by atoms with E-state index in [1.807, 2.05) is 13.1 Å². The summed E-state index contributed by atoms with van der Waals surface area (Å²) in [6, 6.07) is 10.3. The van der Waals surface area contributed by atoms with Crippen LogP contribution in [0.15, 0.2) is 18.2 Å². The summed E-state index contributed by atoms with van der Waals surface area (Å²) in [6.07, 6.45) is 3.62. The van der Waals surface area contributed by atoms with Crippen LogP contribution in [0.2, 0.25) is 0 Å². The van der Waals surface area contributed by atoms with E-state index in [4.69, 9.17) is 0 Å². The molecule has 1 nitrogen and oxygen atoms in total. The summed E-state index contributed by atoms with van der Waals surface area (Å²) >= 11 is 0. The Morgan fingerprint density at radius 3 is 3.15 bits per heavy atom. The molecule has 0 aromatic heterocycles. The van der Waals surface area contributed by atoms with Crippen LogP contribution in [0.5, 0.6) is 0 Å². The Hall–Kier alpha value is -0.158. The van der Waals surface area contributed by atoms with Gasteiger partial charge in [0.1, 0.15) is 0 Å². The van der Waals surface area contributed by atoms with Gasteiger partial charge in [0, 0.05) is 26.5 Å². The quantitative estimate of drug-likeness (QED) is 0.761. The van der Waals surface area contributed by atoms with Gasteiger partial charge in [-0.15, -0.1) is 0 Å². The van der Waals surface area contributed by atoms with Crippen molar-refractivity contribution < 1.29 is 20.4 Å². The summed E-state index contributed by atoms with van der Waals surface area (Å²) in [6.45, 7) is 0. The van der Waals surface area contributed by atoms with Crippen LogP contribution in [0.1, 0.15) is 17.5 Å². The Morgan fingerprint density at radius 2 is 2.38 bits per heavy atom. The molecule has 2 rings (SSSR count). The molecule has 0 saturated heterocycles. The van der Waals surface area contributed by atoms with Gasteiger partial charge < -0.3 is 5.32 Å². The van der Waals surface area contributed by atoms with Crippen LogP contribution in [0.4, 0.5) is 0 Å². The van der Waals surface area contributed by atoms with E-state index in [1.54, 1.807) is 0 Å². The number of likely N-dealkylation sites (N-methyl/N-ethyl adjacent to an activating group) is 1. The average Bonchev–Trinajstić information content (AvgIpc) is 2.17. The molecule has 1 atom stereocenters. The molecule has 1 unspecified atom stereocenters. The minimum absolute atomic E-state index is 0. The normalized spacial score (nSPS) is 20.2. The first-order valence-corrected chi connectivity index (χ1v) is 4.56. The molecule has 1 radical (unpaired) electrons. The van der Waals surface area contributed by atoms with Crippen molar-refractivity contribution in [2.45, 2.75) is 25.3 Å². The predicted octanol–water partition coefficient (Wildman–Crippen LogP) is 1.56. The summed E-state index contributed by atoms with van der Waals surface area (Å²) in [7, 11) is 2.04. The molecule has 0 heterocycles. The molecule has 1 aromatic rings. The van der Waals surface area contributed by atoms with Crippen LogP contribution in [0, 0.1) is 6.07 Å². The standard InChI is InChI=1S/C11H14N.Re/c1-12-11-7-6-9-4-2-3-5-10(9)8-11;/h2-4,11-12H,6-8H2,1H3;/q-1;. The zero-order valence-corrected chi connectivity index (χ0v) is 10.5. The predicted molar refractivity (Wildman–Crippen MR) is 50.2 cm³/mol. The molecule has 0 fully saturated rings. The second-order valence-corrected chi connectivity index (χ2v) is 3.40. The van der Waals surface area contributed by atoms with E-state index in [1.165, 1.54) is 24.0 Å². The van der Waals surface area contributed by atoms with Crippen molar-refractivity contribution in [3.05, 3.63) is 35.4 Å². The average molecular weight is 346 g/mol. The second-order valence-electron chi connectivity index (χ2n) is 3.40. The van der Waals surface area contributed by atoms with Crippen LogP contribution in [-0.2, 0) is 33.3 Å². The van der Waals surface area contributed by atoms with Gasteiger partial charge in [-0.25, -0.2) is 0 Å². The van der Waals surface area contributed by atoms with Crippen LogP contribution >= 0.6 is 0 Å². The minimum Gasteiger partial charge on any atom is -0.317 e. The van der Waals surface area contributed by atoms with Gasteiger partial charge in [-0.3, -0.25) is 0 Å². The number of rotatable bonds is 1. The molecule has 2 heteroatoms. The third-order valence-electron chi connectivity index (χ3n) is 2.66. The Bertz CT molecular complexity index is 273. The van der Waals surface area contributed by atoms with Crippen molar-refractivity contribution in [2.75, 3.05) is 7.05 Å². The Morgan fingerprint density at radius 1 is 1.54 bits per heavy atom. The first kappa shape index (κ1) is 10.9. The van der Waals surface area contributed by atoms with Crippen LogP contribution in [0.3, 0.4) is 0 Å². The van der Waals surface area contributed by atoms with E-state index in [-0.39, 0.29) is 20.4 Å². The van der Waals surface area contributed by atoms with Gasteiger partial charge in [-0.2, -0.15) is 35.4 Å². The van der Waals surface area contributed by atoms with Crippen LogP contribution in [0.25, 0.3) is 0 Å². The Balaban J connectivity index is 0.000000845. The summed E-state index contributed by atoms with van der Waals surface area (Å²) in [5.74, 6) is 0. The Labute approximate surface area is 93.6 Å². The van der Waals surface area contributed by atoms with E-state index in [2.05, 4.69) is 23.5 Å². The summed E-state index contributed by atoms with van der Waals surface area (Å²) < 4.78 is 0. The van der Waals surface area contributed by atoms with E-state index < -0.39 is 0 Å². The Kier molecular flexibility index (Phi) is 4.12. The molecule has 13 heavy (non-hydrogen) atoms. The number of aryl methyl sites for hydroxylation is 1. The fourth-order valence-electron chi connectivity index (χ4n) is 1.86. The molecule has 71 valence electrons. The molecule has 1 aromatic carbocycles. The van der Waals surface area contributed by atoms with E-state index in [0.29, 0.717) is 6.04 Å². The smallest absolute Gasteiger partial charge is 0.00779 e. The molecule has 0 spiro atoms. The van der Waals surface area contributed by atoms with Gasteiger partial charge in [-0.05, 0) is 19.9 Å². The SMILES string of the molecule is CNC1CCc2ccc[c-]c2C1.[Re]. The largest absolute Gasteiger partial charge is 0.317 e. The first-order valence-electron chi connectivity index (χ1n) is 4.56. The third kappa shape index (κ3) is 2.40. The number of hydrogen-bond acceptors (Lipinski definition) is 1. The number of benzene rings is 1. The molecule has 0 aliphatic heterocycles. The van der Waals surface area contributed by atoms with Gasteiger partial charge in [0.05, 0.1) is 0 Å². The molecular weight excluding hydrogens is 332 g/mol. The van der Waals surface area contributed by atoms with Gasteiger partial charge in [0.25, 0.3) is 0 Å². The summed E-state index contributed by atoms with van der Waals surface area (Å²) in [5.41, 5.74) is 2.90. The van der Waals surface area contributed by atoms with Crippen molar-refractivity contribution in [1.29, 1.82) is 0 Å². The molecule has 1 aliphatic carbocycles. The van der Waals surface area contributed by atoms with Gasteiger partial charge in [0.15, 0.2) is 0 Å². The molecule has 0 amide bonds. The maximum absolute atomic E-state index is 3.32. The number of nitrogens with one attached hydrogen (secondary N) is 1. The van der Waals surface area contributed by atoms with Crippen molar-refractivity contribution in [3.63, 3.8) is 0 Å². The van der Waals surface area contributed by atoms with Crippen LogP contribution < -0.4 is 5.32 Å². The molecule has 0 saturated carbocycles. The van der Waals surface area contributed by atoms with Gasteiger partial charge in [-0.1, -0.05) is 6.42 Å². The van der Waals surface area contributed by atoms with Crippen molar-refractivity contribution in [2.24, 2.45) is 0 Å². The van der Waals surface area contributed by atoms with Crippen molar-refractivity contribution in [3.8, 4) is 0 Å². The zero-order valence-electron chi connectivity index (χ0n) is 7.81. The first-order chi connectivity index (χ1) is 5.90. The monoisotopic (exact) mass is 347 g/mol. The van der Waals surface area contributed by atoms with Gasteiger partial charge in [0.2, 0.25) is 0 Å². The summed E-state index contributed by atoms with van der Waals surface area (Å²) in [4.78, 5) is 0. The maximum atomic E-state index is 3.32. The fourth-order valence-corrected chi connectivity index (χ4v) is 1.86. The molecule has 1 N–H and O–H groups in total. The number of hydrogen-bond donors (Lipinski definition) is 1. The topological polar surface area (TPSA) is 12.0 Å². The molecule has 0 bridgehead atoms. The maximum Gasteiger partial charge on any atom is 0.00779 e. The number of fused-ring (bicyclic) bond motifs is 1. The van der Waals surface area contributed by atoms with Crippen LogP contribution in [-0.4, -0.2) is 13.1 Å². The van der Waals surface area contributed by atoms with E-state index >= 15 is 0 Å². The zero-order chi connectivity index (χ0) is 8.39. The van der Waals surface area contributed by atoms with E-state index in [9.17, 15) is 0 Å². The van der Waals surface area contributed by atoms with Gasteiger partial charge >= 0.3 is 0 Å². The summed E-state index contributed by atoms with van der Waals surface area (Å²) in [5, 5.41) is 3.32. The third-order valence-corrected chi connectivity index (χ3v) is 2.66. The minimum atomic E-state index is 0.